The molecule has 1 atom stereocenters. The van der Waals surface area contributed by atoms with Gasteiger partial charge in [-0.25, -0.2) is 0 Å². The molecular weight excluding hydrogens is 356 g/mol. The van der Waals surface area contributed by atoms with Crippen molar-refractivity contribution in [2.75, 3.05) is 43.1 Å². The number of carbonyl (C=O) groups excluding carboxylic acids is 2. The number of nitrogens with zero attached hydrogens (tertiary/aromatic N) is 2. The van der Waals surface area contributed by atoms with Crippen molar-refractivity contribution in [1.29, 1.82) is 5.41 Å². The highest BCUT2D eigenvalue weighted by Crippen LogP contribution is 2.28. The van der Waals surface area contributed by atoms with Gasteiger partial charge in [0.2, 0.25) is 5.91 Å². The van der Waals surface area contributed by atoms with Crippen LogP contribution in [-0.4, -0.2) is 56.9 Å². The minimum absolute atomic E-state index is 0.0860. The van der Waals surface area contributed by atoms with E-state index in [1.54, 1.807) is 23.8 Å². The van der Waals surface area contributed by atoms with Crippen molar-refractivity contribution < 1.29 is 14.3 Å². The standard InChI is InChI=1S/C21H28N4O3/c1-14-18(20(22)15(2)28-3)9-12-25(21(14)27)17-6-4-16(5-7-17)24-13-11-23-10-8-19(24)26/h4-7,15,22-23H,8-13H2,1-3H3. The van der Waals surface area contributed by atoms with Crippen molar-refractivity contribution in [2.24, 2.45) is 0 Å². The monoisotopic (exact) mass is 384 g/mol. The third kappa shape index (κ3) is 4.00. The fraction of sp³-hybridized carbons (Fsp3) is 0.476. The van der Waals surface area contributed by atoms with Crippen LogP contribution < -0.4 is 15.1 Å². The predicted octanol–water partition coefficient (Wildman–Crippen LogP) is 2.12. The van der Waals surface area contributed by atoms with Crippen LogP contribution in [0.3, 0.4) is 0 Å². The highest BCUT2D eigenvalue weighted by Gasteiger charge is 2.29. The van der Waals surface area contributed by atoms with E-state index in [1.165, 1.54) is 0 Å². The molecule has 0 aliphatic carbocycles. The Morgan fingerprint density at radius 1 is 1.07 bits per heavy atom. The van der Waals surface area contributed by atoms with Gasteiger partial charge in [-0.1, -0.05) is 0 Å². The summed E-state index contributed by atoms with van der Waals surface area (Å²) < 4.78 is 5.23. The Hall–Kier alpha value is -2.51. The van der Waals surface area contributed by atoms with Crippen molar-refractivity contribution in [3.8, 4) is 0 Å². The van der Waals surface area contributed by atoms with Gasteiger partial charge in [-0.15, -0.1) is 0 Å². The molecule has 0 aromatic heterocycles. The van der Waals surface area contributed by atoms with Crippen LogP contribution >= 0.6 is 0 Å². The summed E-state index contributed by atoms with van der Waals surface area (Å²) in [7, 11) is 1.57. The van der Waals surface area contributed by atoms with E-state index in [0.29, 0.717) is 43.8 Å². The van der Waals surface area contributed by atoms with Crippen LogP contribution in [0.5, 0.6) is 0 Å². The SMILES string of the molecule is COC(C)C(=N)C1=C(C)C(=O)N(c2ccc(N3CCNCCC3=O)cc2)CC1. The Balaban J connectivity index is 1.78. The summed E-state index contributed by atoms with van der Waals surface area (Å²) in [5.74, 6) is 0.0260. The number of anilines is 2. The number of ether oxygens (including phenoxy) is 1. The number of hydrogen-bond acceptors (Lipinski definition) is 5. The molecule has 2 heterocycles. The van der Waals surface area contributed by atoms with Crippen LogP contribution in [0, 0.1) is 5.41 Å². The molecule has 1 fully saturated rings. The van der Waals surface area contributed by atoms with Crippen LogP contribution in [0.15, 0.2) is 35.4 Å². The van der Waals surface area contributed by atoms with E-state index in [9.17, 15) is 9.59 Å². The molecule has 2 aliphatic heterocycles. The summed E-state index contributed by atoms with van der Waals surface area (Å²) in [6, 6.07) is 7.57. The van der Waals surface area contributed by atoms with E-state index in [-0.39, 0.29) is 17.9 Å². The lowest BCUT2D eigenvalue weighted by Crippen LogP contribution is -2.39. The van der Waals surface area contributed by atoms with Gasteiger partial charge in [-0.2, -0.15) is 0 Å². The van der Waals surface area contributed by atoms with Crippen LogP contribution in [0.25, 0.3) is 0 Å². The van der Waals surface area contributed by atoms with Gasteiger partial charge in [0.05, 0.1) is 11.8 Å². The molecule has 2 aliphatic rings. The Labute approximate surface area is 165 Å². The topological polar surface area (TPSA) is 85.7 Å². The first-order valence-electron chi connectivity index (χ1n) is 9.68. The molecule has 1 saturated heterocycles. The molecule has 2 amide bonds. The predicted molar refractivity (Wildman–Crippen MR) is 110 cm³/mol. The zero-order valence-electron chi connectivity index (χ0n) is 16.7. The maximum absolute atomic E-state index is 12.9. The van der Waals surface area contributed by atoms with Crippen molar-refractivity contribution >= 4 is 28.9 Å². The Morgan fingerprint density at radius 3 is 2.36 bits per heavy atom. The fourth-order valence-corrected chi connectivity index (χ4v) is 3.65. The molecule has 0 radical (unpaired) electrons. The number of nitrogens with one attached hydrogen (secondary N) is 2. The Bertz CT molecular complexity index is 800. The summed E-state index contributed by atoms with van der Waals surface area (Å²) in [6.07, 6.45) is 0.789. The summed E-state index contributed by atoms with van der Waals surface area (Å²) in [6.45, 7) is 6.25. The van der Waals surface area contributed by atoms with Gasteiger partial charge >= 0.3 is 0 Å². The molecule has 3 rings (SSSR count). The summed E-state index contributed by atoms with van der Waals surface area (Å²) in [5, 5.41) is 11.5. The molecule has 1 aromatic carbocycles. The number of hydrogen-bond donors (Lipinski definition) is 2. The third-order valence-corrected chi connectivity index (χ3v) is 5.49. The second kappa shape index (κ2) is 8.67. The van der Waals surface area contributed by atoms with E-state index in [0.717, 1.165) is 23.5 Å². The second-order valence-corrected chi connectivity index (χ2v) is 7.16. The van der Waals surface area contributed by atoms with Crippen LogP contribution in [0.1, 0.15) is 26.7 Å². The number of rotatable bonds is 5. The second-order valence-electron chi connectivity index (χ2n) is 7.16. The van der Waals surface area contributed by atoms with Gasteiger partial charge in [0.25, 0.3) is 5.91 Å². The minimum atomic E-state index is -0.329. The number of benzene rings is 1. The van der Waals surface area contributed by atoms with E-state index < -0.39 is 0 Å². The van der Waals surface area contributed by atoms with E-state index in [1.807, 2.05) is 31.2 Å². The molecule has 0 bridgehead atoms. The third-order valence-electron chi connectivity index (χ3n) is 5.49. The van der Waals surface area contributed by atoms with Gasteiger partial charge in [0.15, 0.2) is 0 Å². The van der Waals surface area contributed by atoms with Gasteiger partial charge < -0.3 is 25.3 Å². The first-order chi connectivity index (χ1) is 13.4. The average molecular weight is 384 g/mol. The maximum atomic E-state index is 12.9. The molecular formula is C21H28N4O3. The highest BCUT2D eigenvalue weighted by molar-refractivity contribution is 6.14. The lowest BCUT2D eigenvalue weighted by molar-refractivity contribution is -0.118. The van der Waals surface area contributed by atoms with Gasteiger partial charge in [0, 0.05) is 56.7 Å². The molecule has 7 heteroatoms. The first-order valence-corrected chi connectivity index (χ1v) is 9.68. The molecule has 28 heavy (non-hydrogen) atoms. The quantitative estimate of drug-likeness (QED) is 0.762. The van der Waals surface area contributed by atoms with E-state index in [4.69, 9.17) is 10.1 Å². The molecule has 1 aromatic rings. The fourth-order valence-electron chi connectivity index (χ4n) is 3.65. The van der Waals surface area contributed by atoms with Crippen LogP contribution in [-0.2, 0) is 14.3 Å². The van der Waals surface area contributed by atoms with E-state index in [2.05, 4.69) is 5.32 Å². The molecule has 7 nitrogen and oxygen atoms in total. The number of amides is 2. The molecule has 0 spiro atoms. The number of carbonyl (C=O) groups is 2. The zero-order valence-corrected chi connectivity index (χ0v) is 16.7. The summed E-state index contributed by atoms with van der Waals surface area (Å²) >= 11 is 0. The summed E-state index contributed by atoms with van der Waals surface area (Å²) in [4.78, 5) is 28.7. The minimum Gasteiger partial charge on any atom is -0.375 e. The lowest BCUT2D eigenvalue weighted by atomic mass is 9.93. The van der Waals surface area contributed by atoms with Gasteiger partial charge in [0.1, 0.15) is 0 Å². The molecule has 2 N–H and O–H groups in total. The lowest BCUT2D eigenvalue weighted by Gasteiger charge is -2.31. The Kier molecular flexibility index (Phi) is 6.26. The Morgan fingerprint density at radius 2 is 1.71 bits per heavy atom. The molecule has 150 valence electrons. The van der Waals surface area contributed by atoms with Crippen molar-refractivity contribution in [3.63, 3.8) is 0 Å². The number of methoxy groups -OCH3 is 1. The normalized spacial score (nSPS) is 19.7. The summed E-state index contributed by atoms with van der Waals surface area (Å²) in [5.41, 5.74) is 3.40. The van der Waals surface area contributed by atoms with E-state index >= 15 is 0 Å². The first kappa shape index (κ1) is 20.2. The molecule has 0 saturated carbocycles. The highest BCUT2D eigenvalue weighted by atomic mass is 16.5. The van der Waals surface area contributed by atoms with Crippen molar-refractivity contribution in [1.82, 2.24) is 5.32 Å². The van der Waals surface area contributed by atoms with Gasteiger partial charge in [-0.05, 0) is 50.1 Å². The van der Waals surface area contributed by atoms with Crippen molar-refractivity contribution in [3.05, 3.63) is 35.4 Å². The zero-order chi connectivity index (χ0) is 20.3. The van der Waals surface area contributed by atoms with Crippen LogP contribution in [0.4, 0.5) is 11.4 Å². The smallest absolute Gasteiger partial charge is 0.254 e. The van der Waals surface area contributed by atoms with Crippen molar-refractivity contribution in [2.45, 2.75) is 32.8 Å². The van der Waals surface area contributed by atoms with Gasteiger partial charge in [-0.3, -0.25) is 9.59 Å². The maximum Gasteiger partial charge on any atom is 0.254 e. The van der Waals surface area contributed by atoms with Crippen LogP contribution in [0.2, 0.25) is 0 Å². The average Bonchev–Trinajstić information content (AvgIpc) is 2.93. The molecule has 1 unspecified atom stereocenters. The largest absolute Gasteiger partial charge is 0.375 e.